The largest absolute Gasteiger partial charge is 0.480 e. The third-order valence-corrected chi connectivity index (χ3v) is 10.0. The Morgan fingerprint density at radius 1 is 0.554 bits per heavy atom. The molecule has 0 spiro atoms. The first-order chi connectivity index (χ1) is 27.1. The lowest BCUT2D eigenvalue weighted by molar-refractivity contribution is -0.161. The van der Waals surface area contributed by atoms with Gasteiger partial charge in [-0.05, 0) is 70.6 Å². The molecule has 324 valence electrons. The van der Waals surface area contributed by atoms with Crippen molar-refractivity contribution in [3.8, 4) is 0 Å². The third-order valence-electron chi connectivity index (χ3n) is 9.05. The second kappa shape index (κ2) is 39.3. The van der Waals surface area contributed by atoms with Crippen molar-refractivity contribution in [1.29, 1.82) is 0 Å². The molecule has 1 unspecified atom stereocenters. The van der Waals surface area contributed by atoms with Crippen molar-refractivity contribution in [2.24, 2.45) is 5.73 Å². The molecule has 0 rings (SSSR count). The first-order valence-corrected chi connectivity index (χ1v) is 23.2. The fourth-order valence-corrected chi connectivity index (χ4v) is 6.38. The Morgan fingerprint density at radius 3 is 1.48 bits per heavy atom. The summed E-state index contributed by atoms with van der Waals surface area (Å²) in [5, 5.41) is 8.88. The predicted molar refractivity (Wildman–Crippen MR) is 226 cm³/mol. The smallest absolute Gasteiger partial charge is 0.472 e. The molecular formula is C44H78NO10P. The molecule has 0 aliphatic carbocycles. The van der Waals surface area contributed by atoms with E-state index in [2.05, 4.69) is 54.8 Å². The monoisotopic (exact) mass is 812 g/mol. The highest BCUT2D eigenvalue weighted by molar-refractivity contribution is 7.47. The summed E-state index contributed by atoms with van der Waals surface area (Å²) in [4.78, 5) is 45.9. The molecule has 11 nitrogen and oxygen atoms in total. The van der Waals surface area contributed by atoms with Crippen LogP contribution in [-0.2, 0) is 37.5 Å². The van der Waals surface area contributed by atoms with Crippen LogP contribution in [0.25, 0.3) is 0 Å². The minimum Gasteiger partial charge on any atom is -0.480 e. The molecule has 0 aromatic carbocycles. The topological polar surface area (TPSA) is 172 Å². The fourth-order valence-electron chi connectivity index (χ4n) is 5.60. The summed E-state index contributed by atoms with van der Waals surface area (Å²) in [5.74, 6) is -2.46. The predicted octanol–water partition coefficient (Wildman–Crippen LogP) is 11.4. The van der Waals surface area contributed by atoms with Gasteiger partial charge in [-0.1, -0.05) is 146 Å². The number of phosphoric acid groups is 1. The van der Waals surface area contributed by atoms with Crippen molar-refractivity contribution in [3.05, 3.63) is 48.6 Å². The quantitative estimate of drug-likeness (QED) is 0.0233. The van der Waals surface area contributed by atoms with Crippen LogP contribution in [0.3, 0.4) is 0 Å². The molecule has 0 fully saturated rings. The number of nitrogens with two attached hydrogens (primary N) is 1. The second-order valence-corrected chi connectivity index (χ2v) is 15.9. The minimum absolute atomic E-state index is 0.0870. The number of carboxylic acid groups (broad SMARTS) is 1. The highest BCUT2D eigenvalue weighted by atomic mass is 31.2. The molecule has 0 aromatic rings. The lowest BCUT2D eigenvalue weighted by Gasteiger charge is -2.20. The van der Waals surface area contributed by atoms with Crippen LogP contribution in [0, 0.1) is 0 Å². The Bertz CT molecular complexity index is 1140. The summed E-state index contributed by atoms with van der Waals surface area (Å²) in [7, 11) is -4.73. The van der Waals surface area contributed by atoms with E-state index in [1.807, 2.05) is 12.2 Å². The summed E-state index contributed by atoms with van der Waals surface area (Å²) < 4.78 is 32.6. The van der Waals surface area contributed by atoms with E-state index < -0.39 is 51.1 Å². The van der Waals surface area contributed by atoms with Gasteiger partial charge in [-0.15, -0.1) is 0 Å². The van der Waals surface area contributed by atoms with Gasteiger partial charge in [-0.2, -0.15) is 0 Å². The van der Waals surface area contributed by atoms with E-state index in [0.29, 0.717) is 19.3 Å². The molecule has 0 heterocycles. The summed E-state index contributed by atoms with van der Waals surface area (Å²) in [6, 6.07) is -1.53. The van der Waals surface area contributed by atoms with Crippen LogP contribution in [0.2, 0.25) is 0 Å². The molecule has 0 aliphatic heterocycles. The molecule has 0 bridgehead atoms. The van der Waals surface area contributed by atoms with Crippen LogP contribution in [-0.4, -0.2) is 59.9 Å². The van der Waals surface area contributed by atoms with Crippen LogP contribution >= 0.6 is 7.82 Å². The summed E-state index contributed by atoms with van der Waals surface area (Å²) in [6.07, 6.45) is 43.3. The first kappa shape index (κ1) is 53.4. The van der Waals surface area contributed by atoms with Crippen molar-refractivity contribution in [1.82, 2.24) is 0 Å². The van der Waals surface area contributed by atoms with Gasteiger partial charge in [0.25, 0.3) is 0 Å². The van der Waals surface area contributed by atoms with Gasteiger partial charge in [-0.25, -0.2) is 4.57 Å². The maximum absolute atomic E-state index is 12.6. The number of carbonyl (C=O) groups is 3. The number of ether oxygens (including phenoxy) is 2. The highest BCUT2D eigenvalue weighted by Crippen LogP contribution is 2.43. The Morgan fingerprint density at radius 2 is 0.964 bits per heavy atom. The van der Waals surface area contributed by atoms with Crippen LogP contribution in [0.4, 0.5) is 0 Å². The van der Waals surface area contributed by atoms with Crippen molar-refractivity contribution in [2.75, 3.05) is 19.8 Å². The van der Waals surface area contributed by atoms with Crippen LogP contribution in [0.1, 0.15) is 181 Å². The maximum Gasteiger partial charge on any atom is 0.472 e. The van der Waals surface area contributed by atoms with Gasteiger partial charge in [0.2, 0.25) is 0 Å². The zero-order chi connectivity index (χ0) is 41.4. The van der Waals surface area contributed by atoms with E-state index in [4.69, 9.17) is 24.8 Å². The molecular weight excluding hydrogens is 733 g/mol. The Balaban J connectivity index is 4.48. The van der Waals surface area contributed by atoms with Crippen molar-refractivity contribution < 1.29 is 47.5 Å². The maximum atomic E-state index is 12.6. The van der Waals surface area contributed by atoms with E-state index in [-0.39, 0.29) is 19.4 Å². The molecule has 3 atom stereocenters. The molecule has 0 aromatic heterocycles. The number of aliphatic carboxylic acids is 1. The molecule has 0 radical (unpaired) electrons. The number of phosphoric ester groups is 1. The first-order valence-electron chi connectivity index (χ1n) is 21.7. The van der Waals surface area contributed by atoms with E-state index >= 15 is 0 Å². The van der Waals surface area contributed by atoms with Gasteiger partial charge in [0.05, 0.1) is 13.2 Å². The Hall–Kier alpha value is -2.56. The van der Waals surface area contributed by atoms with E-state index in [1.54, 1.807) is 0 Å². The zero-order valence-corrected chi connectivity index (χ0v) is 35.9. The van der Waals surface area contributed by atoms with Gasteiger partial charge >= 0.3 is 25.7 Å². The fraction of sp³-hybridized carbons (Fsp3) is 0.750. The zero-order valence-electron chi connectivity index (χ0n) is 35.0. The van der Waals surface area contributed by atoms with Gasteiger partial charge in [0.1, 0.15) is 12.6 Å². The minimum atomic E-state index is -4.73. The number of rotatable bonds is 40. The summed E-state index contributed by atoms with van der Waals surface area (Å²) >= 11 is 0. The van der Waals surface area contributed by atoms with Crippen molar-refractivity contribution in [2.45, 2.75) is 193 Å². The molecule has 0 aliphatic rings. The molecule has 0 saturated carbocycles. The van der Waals surface area contributed by atoms with Crippen LogP contribution < -0.4 is 5.73 Å². The number of unbranched alkanes of at least 4 members (excludes halogenated alkanes) is 18. The van der Waals surface area contributed by atoms with Crippen LogP contribution in [0.15, 0.2) is 48.6 Å². The normalized spacial score (nSPS) is 14.2. The SMILES string of the molecule is CCCCCCCC/C=C\C/C=C\C/C=C\CCCC(=O)O[C@H](COC(=O)CCCCCCC/C=C\CCCCCCCC)COP(=O)(O)OC[C@H](N)C(=O)O. The Labute approximate surface area is 339 Å². The molecule has 12 heteroatoms. The molecule has 0 saturated heterocycles. The number of carbonyl (C=O) groups excluding carboxylic acids is 2. The van der Waals surface area contributed by atoms with E-state index in [0.717, 1.165) is 57.8 Å². The Kier molecular flexibility index (Phi) is 37.5. The van der Waals surface area contributed by atoms with Gasteiger partial charge in [0, 0.05) is 12.8 Å². The van der Waals surface area contributed by atoms with Gasteiger partial charge < -0.3 is 25.2 Å². The number of esters is 2. The van der Waals surface area contributed by atoms with E-state index in [1.165, 1.54) is 77.0 Å². The standard InChI is InChI=1S/C44H78NO10P/c1-3-5-7-9-11-13-15-17-19-20-22-24-26-28-30-32-34-36-43(47)55-40(38-53-56(50,51)54-39-41(45)44(48)49)37-52-42(46)35-33-31-29-27-25-23-21-18-16-14-12-10-8-6-4-2/h17-19,21-22,24,28,30,40-41H,3-16,20,23,25-27,29,31-39,45H2,1-2H3,(H,48,49)(H,50,51)/b19-17-,21-18-,24-22-,30-28-/t40-,41+/m1/s1. The summed E-state index contributed by atoms with van der Waals surface area (Å²) in [6.45, 7) is 2.73. The van der Waals surface area contributed by atoms with E-state index in [9.17, 15) is 23.8 Å². The van der Waals surface area contributed by atoms with Crippen LogP contribution in [0.5, 0.6) is 0 Å². The second-order valence-electron chi connectivity index (χ2n) is 14.5. The van der Waals surface area contributed by atoms with Gasteiger partial charge in [-0.3, -0.25) is 23.4 Å². The lowest BCUT2D eigenvalue weighted by Crippen LogP contribution is -2.34. The highest BCUT2D eigenvalue weighted by Gasteiger charge is 2.28. The number of allylic oxidation sites excluding steroid dienone is 8. The average Bonchev–Trinajstić information content (AvgIpc) is 3.17. The summed E-state index contributed by atoms with van der Waals surface area (Å²) in [5.41, 5.74) is 5.33. The van der Waals surface area contributed by atoms with Gasteiger partial charge in [0.15, 0.2) is 6.10 Å². The molecule has 56 heavy (non-hydrogen) atoms. The number of carboxylic acids is 1. The molecule has 4 N–H and O–H groups in total. The average molecular weight is 812 g/mol. The molecule has 0 amide bonds. The lowest BCUT2D eigenvalue weighted by atomic mass is 10.1. The number of hydrogen-bond donors (Lipinski definition) is 3. The van der Waals surface area contributed by atoms with Crippen molar-refractivity contribution >= 4 is 25.7 Å². The van der Waals surface area contributed by atoms with Crippen molar-refractivity contribution in [3.63, 3.8) is 0 Å². The number of hydrogen-bond acceptors (Lipinski definition) is 9. The third kappa shape index (κ3) is 38.3.